The molecule has 7 heteroatoms. The van der Waals surface area contributed by atoms with Crippen molar-refractivity contribution in [1.82, 2.24) is 20.5 Å². The molecule has 1 aromatic heterocycles. The van der Waals surface area contributed by atoms with Gasteiger partial charge in [0.2, 0.25) is 0 Å². The first-order valence-corrected chi connectivity index (χ1v) is 11.1. The number of aromatic nitrogens is 1. The van der Waals surface area contributed by atoms with Gasteiger partial charge in [-0.25, -0.2) is 14.4 Å². The van der Waals surface area contributed by atoms with E-state index in [2.05, 4.69) is 72.6 Å². The average Bonchev–Trinajstić information content (AvgIpc) is 3.21. The van der Waals surface area contributed by atoms with Crippen LogP contribution in [0.15, 0.2) is 47.6 Å². The Labute approximate surface area is 185 Å². The minimum absolute atomic E-state index is 0.196. The summed E-state index contributed by atoms with van der Waals surface area (Å²) in [6, 6.07) is 12.3. The van der Waals surface area contributed by atoms with Gasteiger partial charge in [-0.1, -0.05) is 24.3 Å². The molecule has 0 bridgehead atoms. The molecule has 0 radical (unpaired) electrons. The van der Waals surface area contributed by atoms with Gasteiger partial charge in [0, 0.05) is 44.5 Å². The van der Waals surface area contributed by atoms with Crippen molar-refractivity contribution in [1.29, 1.82) is 0 Å². The number of pyridine rings is 1. The van der Waals surface area contributed by atoms with Crippen LogP contribution in [0.25, 0.3) is 0 Å². The van der Waals surface area contributed by atoms with E-state index in [4.69, 9.17) is 4.99 Å². The van der Waals surface area contributed by atoms with Gasteiger partial charge in [0.1, 0.15) is 0 Å². The van der Waals surface area contributed by atoms with E-state index in [1.54, 1.807) is 12.3 Å². The maximum absolute atomic E-state index is 14.1. The molecule has 0 amide bonds. The summed E-state index contributed by atoms with van der Waals surface area (Å²) in [6.45, 7) is 10.2. The SMILES string of the molecule is CCNC(=NCc1ccccc1CN(C)C(C)C)NC1CCN(c2ncccc2F)C1. The van der Waals surface area contributed by atoms with Gasteiger partial charge >= 0.3 is 0 Å². The number of hydrogen-bond acceptors (Lipinski definition) is 4. The van der Waals surface area contributed by atoms with Gasteiger partial charge in [0.25, 0.3) is 0 Å². The number of hydrogen-bond donors (Lipinski definition) is 2. The lowest BCUT2D eigenvalue weighted by atomic mass is 10.1. The minimum atomic E-state index is -0.272. The van der Waals surface area contributed by atoms with Gasteiger partial charge in [-0.3, -0.25) is 4.90 Å². The predicted molar refractivity (Wildman–Crippen MR) is 126 cm³/mol. The van der Waals surface area contributed by atoms with Crippen molar-refractivity contribution in [2.24, 2.45) is 4.99 Å². The van der Waals surface area contributed by atoms with Crippen LogP contribution in [0, 0.1) is 5.82 Å². The van der Waals surface area contributed by atoms with Crippen molar-refractivity contribution in [2.75, 3.05) is 31.6 Å². The van der Waals surface area contributed by atoms with E-state index in [-0.39, 0.29) is 11.9 Å². The first kappa shape index (κ1) is 23.0. The Morgan fingerprint density at radius 1 is 1.26 bits per heavy atom. The van der Waals surface area contributed by atoms with Crippen molar-refractivity contribution in [3.05, 3.63) is 59.5 Å². The zero-order valence-corrected chi connectivity index (χ0v) is 19.1. The standard InChI is InChI=1S/C24H35FN6/c1-5-26-24(28-15-19-9-6-7-10-20(19)16-30(4)18(2)3)29-21-12-14-31(17-21)23-22(25)11-8-13-27-23/h6-11,13,18,21H,5,12,14-17H2,1-4H3,(H2,26,28,29). The molecule has 2 N–H and O–H groups in total. The molecular weight excluding hydrogens is 391 g/mol. The number of nitrogens with zero attached hydrogens (tertiary/aromatic N) is 4. The van der Waals surface area contributed by atoms with Crippen molar-refractivity contribution < 1.29 is 4.39 Å². The molecule has 0 saturated carbocycles. The third-order valence-electron chi connectivity index (χ3n) is 5.74. The van der Waals surface area contributed by atoms with Crippen LogP contribution in [0.3, 0.4) is 0 Å². The molecule has 2 aromatic rings. The summed E-state index contributed by atoms with van der Waals surface area (Å²) in [5.41, 5.74) is 2.53. The normalized spacial score (nSPS) is 16.9. The first-order valence-electron chi connectivity index (χ1n) is 11.1. The van der Waals surface area contributed by atoms with Crippen LogP contribution >= 0.6 is 0 Å². The summed E-state index contributed by atoms with van der Waals surface area (Å²) in [4.78, 5) is 13.4. The zero-order chi connectivity index (χ0) is 22.2. The second kappa shape index (κ2) is 11.1. The maximum Gasteiger partial charge on any atom is 0.191 e. The van der Waals surface area contributed by atoms with E-state index in [1.165, 1.54) is 17.2 Å². The Kier molecular flexibility index (Phi) is 8.23. The Morgan fingerprint density at radius 2 is 2.03 bits per heavy atom. The Balaban J connectivity index is 1.65. The fourth-order valence-electron chi connectivity index (χ4n) is 3.68. The molecule has 1 atom stereocenters. The Hall–Kier alpha value is -2.67. The number of rotatable bonds is 8. The molecule has 1 aliphatic rings. The van der Waals surface area contributed by atoms with Crippen molar-refractivity contribution in [2.45, 2.75) is 52.4 Å². The summed E-state index contributed by atoms with van der Waals surface area (Å²) in [6.07, 6.45) is 2.55. The van der Waals surface area contributed by atoms with E-state index >= 15 is 0 Å². The predicted octanol–water partition coefficient (Wildman–Crippen LogP) is 3.39. The molecule has 1 saturated heterocycles. The van der Waals surface area contributed by atoms with Gasteiger partial charge in [0.05, 0.1) is 6.54 Å². The third kappa shape index (κ3) is 6.40. The van der Waals surface area contributed by atoms with Crippen LogP contribution in [-0.4, -0.2) is 54.6 Å². The third-order valence-corrected chi connectivity index (χ3v) is 5.74. The van der Waals surface area contributed by atoms with Crippen LogP contribution in [0.4, 0.5) is 10.2 Å². The van der Waals surface area contributed by atoms with Crippen molar-refractivity contribution in [3.63, 3.8) is 0 Å². The first-order chi connectivity index (χ1) is 15.0. The molecule has 0 spiro atoms. The van der Waals surface area contributed by atoms with Crippen LogP contribution < -0.4 is 15.5 Å². The molecule has 1 fully saturated rings. The molecule has 1 unspecified atom stereocenters. The van der Waals surface area contributed by atoms with Crippen molar-refractivity contribution >= 4 is 11.8 Å². The number of anilines is 1. The molecule has 1 aromatic carbocycles. The lowest BCUT2D eigenvalue weighted by Gasteiger charge is -2.22. The molecule has 31 heavy (non-hydrogen) atoms. The van der Waals surface area contributed by atoms with Crippen LogP contribution in [0.5, 0.6) is 0 Å². The molecule has 3 rings (SSSR count). The largest absolute Gasteiger partial charge is 0.357 e. The molecule has 2 heterocycles. The molecule has 0 aliphatic carbocycles. The highest BCUT2D eigenvalue weighted by Crippen LogP contribution is 2.21. The highest BCUT2D eigenvalue weighted by Gasteiger charge is 2.26. The monoisotopic (exact) mass is 426 g/mol. The number of nitrogens with one attached hydrogen (secondary N) is 2. The number of aliphatic imine (C=N–C) groups is 1. The van der Waals surface area contributed by atoms with Gasteiger partial charge in [-0.2, -0.15) is 0 Å². The van der Waals surface area contributed by atoms with Crippen LogP contribution in [-0.2, 0) is 13.1 Å². The van der Waals surface area contributed by atoms with E-state index < -0.39 is 0 Å². The fourth-order valence-corrected chi connectivity index (χ4v) is 3.68. The second-order valence-corrected chi connectivity index (χ2v) is 8.36. The molecule has 1 aliphatic heterocycles. The summed E-state index contributed by atoms with van der Waals surface area (Å²) >= 11 is 0. The summed E-state index contributed by atoms with van der Waals surface area (Å²) < 4.78 is 14.1. The molecular formula is C24H35FN6. The van der Waals surface area contributed by atoms with Crippen LogP contribution in [0.2, 0.25) is 0 Å². The average molecular weight is 427 g/mol. The van der Waals surface area contributed by atoms with Gasteiger partial charge < -0.3 is 15.5 Å². The van der Waals surface area contributed by atoms with Crippen LogP contribution in [0.1, 0.15) is 38.3 Å². The van der Waals surface area contributed by atoms with E-state index in [9.17, 15) is 4.39 Å². The Morgan fingerprint density at radius 3 is 2.74 bits per heavy atom. The van der Waals surface area contributed by atoms with E-state index in [0.717, 1.165) is 32.0 Å². The maximum atomic E-state index is 14.1. The number of guanidine groups is 1. The number of halogens is 1. The van der Waals surface area contributed by atoms with Crippen molar-refractivity contribution in [3.8, 4) is 0 Å². The summed E-state index contributed by atoms with van der Waals surface area (Å²) in [5, 5.41) is 6.87. The molecule has 168 valence electrons. The Bertz CT molecular complexity index is 869. The highest BCUT2D eigenvalue weighted by atomic mass is 19.1. The minimum Gasteiger partial charge on any atom is -0.357 e. The van der Waals surface area contributed by atoms with E-state index in [1.807, 2.05) is 4.90 Å². The van der Waals surface area contributed by atoms with Gasteiger partial charge in [-0.05, 0) is 57.5 Å². The number of benzene rings is 1. The molecule has 6 nitrogen and oxygen atoms in total. The topological polar surface area (TPSA) is 55.8 Å². The lowest BCUT2D eigenvalue weighted by Crippen LogP contribution is -2.44. The van der Waals surface area contributed by atoms with E-state index in [0.29, 0.717) is 24.9 Å². The summed E-state index contributed by atoms with van der Waals surface area (Å²) in [5.74, 6) is 0.950. The summed E-state index contributed by atoms with van der Waals surface area (Å²) in [7, 11) is 2.15. The second-order valence-electron chi connectivity index (χ2n) is 8.36. The van der Waals surface area contributed by atoms with Gasteiger partial charge in [0.15, 0.2) is 17.6 Å². The van der Waals surface area contributed by atoms with Gasteiger partial charge in [-0.15, -0.1) is 0 Å². The smallest absolute Gasteiger partial charge is 0.191 e. The zero-order valence-electron chi connectivity index (χ0n) is 19.1. The quantitative estimate of drug-likeness (QED) is 0.501. The highest BCUT2D eigenvalue weighted by molar-refractivity contribution is 5.80. The lowest BCUT2D eigenvalue weighted by molar-refractivity contribution is 0.265. The fraction of sp³-hybridized carbons (Fsp3) is 0.500.